The molecule has 3 aromatic carbocycles. The number of hydrogen-bond acceptors (Lipinski definition) is 6. The fourth-order valence-electron chi connectivity index (χ4n) is 3.43. The molecule has 0 spiro atoms. The average Bonchev–Trinajstić information content (AvgIpc) is 3.33. The van der Waals surface area contributed by atoms with Gasteiger partial charge in [-0.2, -0.15) is 18.2 Å². The average molecular weight is 512 g/mol. The van der Waals surface area contributed by atoms with Crippen LogP contribution in [0.4, 0.5) is 18.9 Å². The molecule has 0 radical (unpaired) electrons. The third-order valence-electron chi connectivity index (χ3n) is 5.26. The summed E-state index contributed by atoms with van der Waals surface area (Å²) in [7, 11) is 3.03. The predicted octanol–water partition coefficient (Wildman–Crippen LogP) is 5.24. The zero-order valence-corrected chi connectivity index (χ0v) is 20.0. The molecule has 0 fully saturated rings. The second-order valence-corrected chi connectivity index (χ2v) is 7.78. The Hall–Kier alpha value is -4.38. The lowest BCUT2D eigenvalue weighted by molar-refractivity contribution is -0.137. The van der Waals surface area contributed by atoms with Crippen LogP contribution in [0.2, 0.25) is 0 Å². The fourth-order valence-corrected chi connectivity index (χ4v) is 3.43. The molecule has 0 aliphatic heterocycles. The van der Waals surface area contributed by atoms with Crippen molar-refractivity contribution < 1.29 is 32.2 Å². The summed E-state index contributed by atoms with van der Waals surface area (Å²) in [6.45, 7) is 0.451. The highest BCUT2D eigenvalue weighted by atomic mass is 19.4. The first-order valence-corrected chi connectivity index (χ1v) is 11.1. The molecule has 4 rings (SSSR count). The smallest absolute Gasteiger partial charge is 0.416 e. The molecule has 0 aliphatic rings. The number of rotatable bonds is 9. The van der Waals surface area contributed by atoms with Gasteiger partial charge in [-0.1, -0.05) is 18.2 Å². The first kappa shape index (κ1) is 25.7. The number of alkyl halides is 3. The number of anilines is 1. The minimum absolute atomic E-state index is 0.0140. The van der Waals surface area contributed by atoms with Crippen LogP contribution in [0.25, 0.3) is 17.1 Å². The highest BCUT2D eigenvalue weighted by Crippen LogP contribution is 2.33. The van der Waals surface area contributed by atoms with E-state index in [1.165, 1.54) is 31.0 Å². The normalized spacial score (nSPS) is 11.3. The van der Waals surface area contributed by atoms with Gasteiger partial charge in [-0.3, -0.25) is 4.79 Å². The molecule has 8 nitrogen and oxygen atoms in total. The summed E-state index contributed by atoms with van der Waals surface area (Å²) < 4.78 is 56.9. The van der Waals surface area contributed by atoms with Crippen molar-refractivity contribution in [2.24, 2.45) is 0 Å². The standard InChI is InChI=1S/C26H23F3N4O4/c1-35-13-14-37-25-31-23(17-5-3-7-19(15-17)26(27,28)29)33(32-25)21-11-9-20(10-12-21)30-24(34)18-6-4-8-22(16-18)36-2/h3-12,15-16H,13-14H2,1-2H3,(H,30,34). The Kier molecular flexibility index (Phi) is 7.73. The van der Waals surface area contributed by atoms with Crippen LogP contribution in [0.1, 0.15) is 15.9 Å². The van der Waals surface area contributed by atoms with Gasteiger partial charge in [-0.25, -0.2) is 4.68 Å². The van der Waals surface area contributed by atoms with Gasteiger partial charge in [0, 0.05) is 23.9 Å². The molecule has 0 bridgehead atoms. The molecule has 4 aromatic rings. The number of aromatic nitrogens is 3. The van der Waals surface area contributed by atoms with Gasteiger partial charge in [-0.15, -0.1) is 5.10 Å². The van der Waals surface area contributed by atoms with Gasteiger partial charge in [-0.05, 0) is 54.6 Å². The molecule has 37 heavy (non-hydrogen) atoms. The molecule has 1 heterocycles. The van der Waals surface area contributed by atoms with Crippen LogP contribution in [0, 0.1) is 0 Å². The Labute approximate surface area is 210 Å². The van der Waals surface area contributed by atoms with E-state index in [1.54, 1.807) is 48.5 Å². The highest BCUT2D eigenvalue weighted by Gasteiger charge is 2.31. The molecule has 1 aromatic heterocycles. The molecule has 0 saturated heterocycles. The molecule has 0 unspecified atom stereocenters. The molecule has 0 aliphatic carbocycles. The Balaban J connectivity index is 1.63. The maximum Gasteiger partial charge on any atom is 0.416 e. The van der Waals surface area contributed by atoms with Crippen LogP contribution in [0.3, 0.4) is 0 Å². The van der Waals surface area contributed by atoms with Crippen molar-refractivity contribution in [2.45, 2.75) is 6.18 Å². The molecule has 1 amide bonds. The number of methoxy groups -OCH3 is 2. The number of halogens is 3. The highest BCUT2D eigenvalue weighted by molar-refractivity contribution is 6.04. The van der Waals surface area contributed by atoms with Crippen LogP contribution >= 0.6 is 0 Å². The van der Waals surface area contributed by atoms with Crippen molar-refractivity contribution in [3.05, 3.63) is 83.9 Å². The van der Waals surface area contributed by atoms with Crippen molar-refractivity contribution in [2.75, 3.05) is 32.8 Å². The minimum Gasteiger partial charge on any atom is -0.497 e. The van der Waals surface area contributed by atoms with Gasteiger partial charge in [0.1, 0.15) is 12.4 Å². The summed E-state index contributed by atoms with van der Waals surface area (Å²) in [6.07, 6.45) is -4.51. The third-order valence-corrected chi connectivity index (χ3v) is 5.26. The zero-order valence-electron chi connectivity index (χ0n) is 20.0. The Bertz CT molecular complexity index is 1370. The van der Waals surface area contributed by atoms with E-state index >= 15 is 0 Å². The Morgan fingerprint density at radius 3 is 2.43 bits per heavy atom. The number of carbonyl (C=O) groups excluding carboxylic acids is 1. The van der Waals surface area contributed by atoms with Crippen LogP contribution in [0.15, 0.2) is 72.8 Å². The number of amides is 1. The number of carbonyl (C=O) groups is 1. The van der Waals surface area contributed by atoms with Crippen molar-refractivity contribution in [1.82, 2.24) is 14.8 Å². The van der Waals surface area contributed by atoms with Gasteiger partial charge in [0.2, 0.25) is 0 Å². The topological polar surface area (TPSA) is 87.5 Å². The lowest BCUT2D eigenvalue weighted by atomic mass is 10.1. The third kappa shape index (κ3) is 6.25. The summed E-state index contributed by atoms with van der Waals surface area (Å²) in [5.74, 6) is 0.386. The fraction of sp³-hybridized carbons (Fsp3) is 0.192. The van der Waals surface area contributed by atoms with Gasteiger partial charge in [0.25, 0.3) is 5.91 Å². The first-order chi connectivity index (χ1) is 17.8. The lowest BCUT2D eigenvalue weighted by Crippen LogP contribution is -2.12. The molecular formula is C26H23F3N4O4. The maximum absolute atomic E-state index is 13.3. The van der Waals surface area contributed by atoms with E-state index in [-0.39, 0.29) is 36.5 Å². The van der Waals surface area contributed by atoms with E-state index in [1.807, 2.05) is 0 Å². The molecule has 192 valence electrons. The van der Waals surface area contributed by atoms with Crippen LogP contribution < -0.4 is 14.8 Å². The summed E-state index contributed by atoms with van der Waals surface area (Å²) in [6, 6.07) is 18.1. The van der Waals surface area contributed by atoms with Crippen molar-refractivity contribution >= 4 is 11.6 Å². The van der Waals surface area contributed by atoms with Crippen molar-refractivity contribution in [1.29, 1.82) is 0 Å². The number of benzene rings is 3. The minimum atomic E-state index is -4.51. The van der Waals surface area contributed by atoms with Gasteiger partial charge in [0.15, 0.2) is 5.82 Å². The zero-order chi connectivity index (χ0) is 26.4. The van der Waals surface area contributed by atoms with Crippen molar-refractivity contribution in [3.8, 4) is 28.8 Å². The quantitative estimate of drug-likeness (QED) is 0.309. The molecular weight excluding hydrogens is 489 g/mol. The second-order valence-electron chi connectivity index (χ2n) is 7.78. The van der Waals surface area contributed by atoms with E-state index in [4.69, 9.17) is 14.2 Å². The van der Waals surface area contributed by atoms with E-state index in [2.05, 4.69) is 15.4 Å². The van der Waals surface area contributed by atoms with Gasteiger partial charge in [0.05, 0.1) is 25.0 Å². The number of nitrogens with zero attached hydrogens (tertiary/aromatic N) is 3. The van der Waals surface area contributed by atoms with E-state index in [9.17, 15) is 18.0 Å². The second kappa shape index (κ2) is 11.1. The predicted molar refractivity (Wildman–Crippen MR) is 130 cm³/mol. The Morgan fingerprint density at radius 1 is 0.973 bits per heavy atom. The molecule has 0 atom stereocenters. The SMILES string of the molecule is COCCOc1nc(-c2cccc(C(F)(F)F)c2)n(-c2ccc(NC(=O)c3cccc(OC)c3)cc2)n1. The molecule has 1 N–H and O–H groups in total. The van der Waals surface area contributed by atoms with E-state index < -0.39 is 11.7 Å². The Morgan fingerprint density at radius 2 is 1.73 bits per heavy atom. The van der Waals surface area contributed by atoms with Crippen LogP contribution in [-0.4, -0.2) is 48.1 Å². The molecule has 11 heteroatoms. The summed E-state index contributed by atoms with van der Waals surface area (Å²) in [5.41, 5.74) is 0.829. The van der Waals surface area contributed by atoms with Crippen molar-refractivity contribution in [3.63, 3.8) is 0 Å². The first-order valence-electron chi connectivity index (χ1n) is 11.1. The summed E-state index contributed by atoms with van der Waals surface area (Å²) in [4.78, 5) is 16.9. The van der Waals surface area contributed by atoms with Crippen LogP contribution in [-0.2, 0) is 10.9 Å². The van der Waals surface area contributed by atoms with Crippen LogP contribution in [0.5, 0.6) is 11.8 Å². The largest absolute Gasteiger partial charge is 0.497 e. The van der Waals surface area contributed by atoms with E-state index in [0.29, 0.717) is 22.7 Å². The number of ether oxygens (including phenoxy) is 3. The number of hydrogen-bond donors (Lipinski definition) is 1. The monoisotopic (exact) mass is 512 g/mol. The van der Waals surface area contributed by atoms with E-state index in [0.717, 1.165) is 12.1 Å². The lowest BCUT2D eigenvalue weighted by Gasteiger charge is -2.10. The van der Waals surface area contributed by atoms with Gasteiger partial charge < -0.3 is 19.5 Å². The molecule has 0 saturated carbocycles. The van der Waals surface area contributed by atoms with Gasteiger partial charge >= 0.3 is 12.2 Å². The summed E-state index contributed by atoms with van der Waals surface area (Å²) in [5, 5.41) is 7.12. The number of nitrogens with one attached hydrogen (secondary N) is 1. The summed E-state index contributed by atoms with van der Waals surface area (Å²) >= 11 is 0. The maximum atomic E-state index is 13.3.